The standard InChI is InChI=1S/C14H15ClN2O2/c15-11-2-1-3-14(10-11)19-9-8-18-13-6-4-12(17-16)5-7-13/h1-7,10,17H,8-9,16H2. The van der Waals surface area contributed by atoms with E-state index < -0.39 is 0 Å². The van der Waals surface area contributed by atoms with Crippen molar-refractivity contribution in [1.82, 2.24) is 0 Å². The highest BCUT2D eigenvalue weighted by Gasteiger charge is 1.97. The molecule has 2 aromatic rings. The molecule has 0 amide bonds. The minimum Gasteiger partial charge on any atom is -0.490 e. The first-order chi connectivity index (χ1) is 9.28. The summed E-state index contributed by atoms with van der Waals surface area (Å²) in [6.07, 6.45) is 0. The van der Waals surface area contributed by atoms with Crippen LogP contribution in [0.25, 0.3) is 0 Å². The van der Waals surface area contributed by atoms with Crippen LogP contribution < -0.4 is 20.7 Å². The van der Waals surface area contributed by atoms with E-state index in [2.05, 4.69) is 5.43 Å². The zero-order valence-electron chi connectivity index (χ0n) is 10.3. The summed E-state index contributed by atoms with van der Waals surface area (Å²) in [5, 5.41) is 0.656. The van der Waals surface area contributed by atoms with Gasteiger partial charge in [0.15, 0.2) is 0 Å². The molecule has 5 heteroatoms. The number of rotatable bonds is 6. The molecule has 4 nitrogen and oxygen atoms in total. The summed E-state index contributed by atoms with van der Waals surface area (Å²) >= 11 is 5.85. The fourth-order valence-corrected chi connectivity index (χ4v) is 1.70. The number of benzene rings is 2. The molecule has 100 valence electrons. The Bertz CT molecular complexity index is 517. The summed E-state index contributed by atoms with van der Waals surface area (Å²) in [7, 11) is 0. The summed E-state index contributed by atoms with van der Waals surface area (Å²) in [5.74, 6) is 6.78. The van der Waals surface area contributed by atoms with Crippen LogP contribution in [0.5, 0.6) is 11.5 Å². The van der Waals surface area contributed by atoms with Crippen molar-refractivity contribution < 1.29 is 9.47 Å². The molecule has 0 unspecified atom stereocenters. The van der Waals surface area contributed by atoms with E-state index in [1.54, 1.807) is 12.1 Å². The Morgan fingerprint density at radius 1 is 0.947 bits per heavy atom. The molecule has 0 radical (unpaired) electrons. The number of hydrogen-bond donors (Lipinski definition) is 2. The quantitative estimate of drug-likeness (QED) is 0.484. The minimum absolute atomic E-state index is 0.456. The molecule has 0 aliphatic carbocycles. The Hall–Kier alpha value is -1.91. The van der Waals surface area contributed by atoms with Gasteiger partial charge in [-0.05, 0) is 42.5 Å². The Morgan fingerprint density at radius 3 is 2.26 bits per heavy atom. The molecule has 0 atom stereocenters. The zero-order valence-corrected chi connectivity index (χ0v) is 11.1. The largest absolute Gasteiger partial charge is 0.490 e. The van der Waals surface area contributed by atoms with Gasteiger partial charge in [0.1, 0.15) is 24.7 Å². The Labute approximate surface area is 117 Å². The van der Waals surface area contributed by atoms with Gasteiger partial charge in [-0.2, -0.15) is 0 Å². The summed E-state index contributed by atoms with van der Waals surface area (Å²) < 4.78 is 11.0. The molecule has 0 saturated carbocycles. The fourth-order valence-electron chi connectivity index (χ4n) is 1.52. The molecular formula is C14H15ClN2O2. The first-order valence-corrected chi connectivity index (χ1v) is 6.23. The molecule has 0 aliphatic heterocycles. The average molecular weight is 279 g/mol. The number of nitrogens with one attached hydrogen (secondary N) is 1. The van der Waals surface area contributed by atoms with Crippen molar-refractivity contribution in [2.24, 2.45) is 5.84 Å². The van der Waals surface area contributed by atoms with Gasteiger partial charge in [-0.1, -0.05) is 17.7 Å². The number of nitrogen functional groups attached to an aromatic ring is 1. The monoisotopic (exact) mass is 278 g/mol. The lowest BCUT2D eigenvalue weighted by atomic mass is 10.3. The van der Waals surface area contributed by atoms with E-state index in [-0.39, 0.29) is 0 Å². The lowest BCUT2D eigenvalue weighted by Crippen LogP contribution is -2.09. The van der Waals surface area contributed by atoms with Crippen LogP contribution in [0, 0.1) is 0 Å². The predicted octanol–water partition coefficient (Wildman–Crippen LogP) is 3.08. The molecule has 0 aromatic heterocycles. The van der Waals surface area contributed by atoms with Crippen LogP contribution in [0.3, 0.4) is 0 Å². The second-order valence-electron chi connectivity index (χ2n) is 3.82. The number of hydrogen-bond acceptors (Lipinski definition) is 4. The Balaban J connectivity index is 1.74. The van der Waals surface area contributed by atoms with Gasteiger partial charge in [-0.3, -0.25) is 5.84 Å². The normalized spacial score (nSPS) is 10.0. The van der Waals surface area contributed by atoms with Crippen molar-refractivity contribution in [2.45, 2.75) is 0 Å². The molecular weight excluding hydrogens is 264 g/mol. The molecule has 0 spiro atoms. The maximum Gasteiger partial charge on any atom is 0.122 e. The molecule has 0 bridgehead atoms. The van der Waals surface area contributed by atoms with Gasteiger partial charge in [0.25, 0.3) is 0 Å². The smallest absolute Gasteiger partial charge is 0.122 e. The molecule has 3 N–H and O–H groups in total. The maximum absolute atomic E-state index is 5.85. The van der Waals surface area contributed by atoms with Crippen molar-refractivity contribution in [2.75, 3.05) is 18.6 Å². The predicted molar refractivity (Wildman–Crippen MR) is 76.7 cm³/mol. The van der Waals surface area contributed by atoms with Crippen molar-refractivity contribution >= 4 is 17.3 Å². The third-order valence-electron chi connectivity index (χ3n) is 2.44. The molecule has 0 aliphatic rings. The first kappa shape index (κ1) is 13.5. The lowest BCUT2D eigenvalue weighted by molar-refractivity contribution is 0.217. The SMILES string of the molecule is NNc1ccc(OCCOc2cccc(Cl)c2)cc1. The zero-order chi connectivity index (χ0) is 13.5. The maximum atomic E-state index is 5.85. The molecule has 19 heavy (non-hydrogen) atoms. The van der Waals surface area contributed by atoms with E-state index in [4.69, 9.17) is 26.9 Å². The van der Waals surface area contributed by atoms with Crippen molar-refractivity contribution in [3.05, 3.63) is 53.6 Å². The van der Waals surface area contributed by atoms with Gasteiger partial charge in [0, 0.05) is 10.7 Å². The molecule has 0 heterocycles. The highest BCUT2D eigenvalue weighted by atomic mass is 35.5. The summed E-state index contributed by atoms with van der Waals surface area (Å²) in [6, 6.07) is 14.6. The average Bonchev–Trinajstić information content (AvgIpc) is 2.44. The van der Waals surface area contributed by atoms with Gasteiger partial charge in [0.2, 0.25) is 0 Å². The van der Waals surface area contributed by atoms with E-state index in [0.717, 1.165) is 17.2 Å². The van der Waals surface area contributed by atoms with Crippen LogP contribution in [0.2, 0.25) is 5.02 Å². The number of halogens is 1. The van der Waals surface area contributed by atoms with Crippen LogP contribution in [0.15, 0.2) is 48.5 Å². The van der Waals surface area contributed by atoms with Crippen LogP contribution in [-0.2, 0) is 0 Å². The van der Waals surface area contributed by atoms with Crippen LogP contribution in [0.1, 0.15) is 0 Å². The molecule has 2 aromatic carbocycles. The summed E-state index contributed by atoms with van der Waals surface area (Å²) in [5.41, 5.74) is 3.39. The van der Waals surface area contributed by atoms with E-state index in [9.17, 15) is 0 Å². The second kappa shape index (κ2) is 6.87. The highest BCUT2D eigenvalue weighted by molar-refractivity contribution is 6.30. The highest BCUT2D eigenvalue weighted by Crippen LogP contribution is 2.17. The van der Waals surface area contributed by atoms with Gasteiger partial charge in [-0.15, -0.1) is 0 Å². The third kappa shape index (κ3) is 4.35. The van der Waals surface area contributed by atoms with E-state index in [1.165, 1.54) is 0 Å². The van der Waals surface area contributed by atoms with Gasteiger partial charge in [0.05, 0.1) is 0 Å². The van der Waals surface area contributed by atoms with Gasteiger partial charge in [-0.25, -0.2) is 0 Å². The van der Waals surface area contributed by atoms with Gasteiger partial charge < -0.3 is 14.9 Å². The Kier molecular flexibility index (Phi) is 4.89. The summed E-state index contributed by atoms with van der Waals surface area (Å²) in [4.78, 5) is 0. The van der Waals surface area contributed by atoms with Crippen molar-refractivity contribution in [1.29, 1.82) is 0 Å². The van der Waals surface area contributed by atoms with E-state index >= 15 is 0 Å². The van der Waals surface area contributed by atoms with Crippen LogP contribution in [-0.4, -0.2) is 13.2 Å². The summed E-state index contributed by atoms with van der Waals surface area (Å²) in [6.45, 7) is 0.916. The van der Waals surface area contributed by atoms with E-state index in [0.29, 0.717) is 18.2 Å². The first-order valence-electron chi connectivity index (χ1n) is 5.86. The van der Waals surface area contributed by atoms with Gasteiger partial charge >= 0.3 is 0 Å². The molecule has 2 rings (SSSR count). The fraction of sp³-hybridized carbons (Fsp3) is 0.143. The molecule has 0 fully saturated rings. The van der Waals surface area contributed by atoms with E-state index in [1.807, 2.05) is 36.4 Å². The van der Waals surface area contributed by atoms with Crippen LogP contribution in [0.4, 0.5) is 5.69 Å². The second-order valence-corrected chi connectivity index (χ2v) is 4.26. The van der Waals surface area contributed by atoms with Crippen molar-refractivity contribution in [3.63, 3.8) is 0 Å². The number of hydrazine groups is 1. The Morgan fingerprint density at radius 2 is 1.63 bits per heavy atom. The number of anilines is 1. The van der Waals surface area contributed by atoms with Crippen molar-refractivity contribution in [3.8, 4) is 11.5 Å². The molecule has 0 saturated heterocycles. The topological polar surface area (TPSA) is 56.5 Å². The van der Waals surface area contributed by atoms with Crippen LogP contribution >= 0.6 is 11.6 Å². The number of nitrogens with two attached hydrogens (primary N) is 1. The minimum atomic E-state index is 0.456. The third-order valence-corrected chi connectivity index (χ3v) is 2.67. The number of ether oxygens (including phenoxy) is 2. The lowest BCUT2D eigenvalue weighted by Gasteiger charge is -2.09.